The second-order valence-electron chi connectivity index (χ2n) is 14.9. The van der Waals surface area contributed by atoms with Gasteiger partial charge in [-0.15, -0.1) is 0 Å². The van der Waals surface area contributed by atoms with Crippen LogP contribution in [0.5, 0.6) is 0 Å². The summed E-state index contributed by atoms with van der Waals surface area (Å²) >= 11 is 0. The van der Waals surface area contributed by atoms with Crippen molar-refractivity contribution in [3.8, 4) is 0 Å². The molecule has 9 nitrogen and oxygen atoms in total. The Morgan fingerprint density at radius 1 is 0.564 bits per heavy atom. The van der Waals surface area contributed by atoms with Crippen molar-refractivity contribution in [2.24, 2.45) is 0 Å². The Kier molecular flexibility index (Phi) is 38.7. The normalized spacial score (nSPS) is 13.5. The fraction of sp³-hybridized carbons (Fsp3) is 0.778. The van der Waals surface area contributed by atoms with Gasteiger partial charge in [0.15, 0.2) is 6.10 Å². The molecule has 55 heavy (non-hydrogen) atoms. The number of aliphatic hydroxyl groups is 1. The molecule has 10 heteroatoms. The van der Waals surface area contributed by atoms with Crippen LogP contribution in [-0.2, 0) is 28.2 Å². The zero-order valence-corrected chi connectivity index (χ0v) is 35.8. The minimum atomic E-state index is -4.78. The van der Waals surface area contributed by atoms with Crippen molar-refractivity contribution in [2.75, 3.05) is 13.2 Å². The SMILES string of the molecule is CCCCC/C=C\C[C@H](O)/C=C/C=C\C/C=C\CCCC(=O)O[C@H](COC(=O)CCCCCCCCCCCCCCCCCCCCC)COP(=O)(O)O. The van der Waals surface area contributed by atoms with E-state index in [9.17, 15) is 19.3 Å². The fourth-order valence-corrected chi connectivity index (χ4v) is 6.46. The van der Waals surface area contributed by atoms with Gasteiger partial charge < -0.3 is 24.4 Å². The monoisotopic (exact) mass is 797 g/mol. The van der Waals surface area contributed by atoms with Crippen molar-refractivity contribution in [2.45, 2.75) is 212 Å². The summed E-state index contributed by atoms with van der Waals surface area (Å²) in [5.74, 6) is -0.984. The highest BCUT2D eigenvalue weighted by atomic mass is 31.2. The lowest BCUT2D eigenvalue weighted by Crippen LogP contribution is -2.29. The van der Waals surface area contributed by atoms with Crippen LogP contribution < -0.4 is 0 Å². The molecule has 0 aromatic carbocycles. The molecule has 2 atom stereocenters. The average Bonchev–Trinajstić information content (AvgIpc) is 3.15. The smallest absolute Gasteiger partial charge is 0.462 e. The topological polar surface area (TPSA) is 140 Å². The highest BCUT2D eigenvalue weighted by Crippen LogP contribution is 2.36. The third-order valence-electron chi connectivity index (χ3n) is 9.43. The highest BCUT2D eigenvalue weighted by Gasteiger charge is 2.22. The van der Waals surface area contributed by atoms with Crippen LogP contribution in [0.25, 0.3) is 0 Å². The van der Waals surface area contributed by atoms with Gasteiger partial charge in [-0.1, -0.05) is 191 Å². The summed E-state index contributed by atoms with van der Waals surface area (Å²) in [6.07, 6.45) is 45.8. The van der Waals surface area contributed by atoms with Gasteiger partial charge in [0.05, 0.1) is 12.7 Å². The van der Waals surface area contributed by atoms with E-state index < -0.39 is 38.6 Å². The van der Waals surface area contributed by atoms with E-state index in [2.05, 4.69) is 24.4 Å². The maximum absolute atomic E-state index is 12.4. The van der Waals surface area contributed by atoms with E-state index in [-0.39, 0.29) is 19.4 Å². The number of carbonyl (C=O) groups is 2. The van der Waals surface area contributed by atoms with E-state index in [1.54, 1.807) is 6.08 Å². The fourth-order valence-electron chi connectivity index (χ4n) is 6.10. The van der Waals surface area contributed by atoms with Gasteiger partial charge in [-0.05, 0) is 44.9 Å². The number of ether oxygens (including phenoxy) is 2. The Bertz CT molecular complexity index is 1050. The standard InChI is InChI=1S/C45H81O9P/c1-3-5-7-9-11-12-13-14-15-16-17-18-19-20-21-22-26-30-34-38-44(47)52-40-43(41-53-55(49,50)51)54-45(48)39-35-31-27-24-23-25-29-33-37-42(46)36-32-28-10-8-6-4-2/h24-25,27-29,32-33,37,42-43,46H,3-23,26,30-31,34-36,38-41H2,1-2H3,(H2,49,50,51)/b27-24-,29-25-,32-28-,37-33+/t42-,43+/m0/s1. The van der Waals surface area contributed by atoms with E-state index in [4.69, 9.17) is 19.3 Å². The number of unbranched alkanes of at least 4 members (excludes halogenated alkanes) is 22. The van der Waals surface area contributed by atoms with E-state index in [1.807, 2.05) is 36.5 Å². The predicted octanol–water partition coefficient (Wildman–Crippen LogP) is 12.5. The van der Waals surface area contributed by atoms with E-state index in [0.717, 1.165) is 25.7 Å². The molecule has 0 bridgehead atoms. The highest BCUT2D eigenvalue weighted by molar-refractivity contribution is 7.46. The van der Waals surface area contributed by atoms with Gasteiger partial charge in [0.25, 0.3) is 0 Å². The van der Waals surface area contributed by atoms with Gasteiger partial charge in [-0.3, -0.25) is 14.1 Å². The van der Waals surface area contributed by atoms with Crippen molar-refractivity contribution < 1.29 is 43.0 Å². The molecule has 3 N–H and O–H groups in total. The molecule has 0 saturated heterocycles. The Labute approximate surface area is 336 Å². The van der Waals surface area contributed by atoms with Crippen LogP contribution in [0.15, 0.2) is 48.6 Å². The number of hydrogen-bond donors (Lipinski definition) is 3. The van der Waals surface area contributed by atoms with Crippen molar-refractivity contribution in [3.63, 3.8) is 0 Å². The molecule has 0 amide bonds. The lowest BCUT2D eigenvalue weighted by atomic mass is 10.0. The van der Waals surface area contributed by atoms with E-state index in [1.165, 1.54) is 122 Å². The quantitative estimate of drug-likeness (QED) is 0.0182. The largest absolute Gasteiger partial charge is 0.469 e. The molecule has 0 radical (unpaired) electrons. The third kappa shape index (κ3) is 42.9. The number of aliphatic hydroxyl groups excluding tert-OH is 1. The number of hydrogen-bond acceptors (Lipinski definition) is 7. The van der Waals surface area contributed by atoms with Crippen molar-refractivity contribution in [1.29, 1.82) is 0 Å². The molecule has 0 heterocycles. The summed E-state index contributed by atoms with van der Waals surface area (Å²) in [4.78, 5) is 42.9. The van der Waals surface area contributed by atoms with Crippen LogP contribution >= 0.6 is 7.82 Å². The summed E-state index contributed by atoms with van der Waals surface area (Å²) in [5.41, 5.74) is 0. The average molecular weight is 797 g/mol. The number of phosphoric acid groups is 1. The van der Waals surface area contributed by atoms with Crippen LogP contribution in [-0.4, -0.2) is 52.3 Å². The Hall–Kier alpha value is -2.03. The summed E-state index contributed by atoms with van der Waals surface area (Å²) < 4.78 is 26.3. The molecule has 0 aromatic rings. The molecule has 0 spiro atoms. The molecular formula is C45H81O9P. The van der Waals surface area contributed by atoms with E-state index in [0.29, 0.717) is 25.7 Å². The Morgan fingerprint density at radius 2 is 1.05 bits per heavy atom. The molecule has 0 aliphatic rings. The summed E-state index contributed by atoms with van der Waals surface area (Å²) in [6, 6.07) is 0. The number of rotatable bonds is 40. The van der Waals surface area contributed by atoms with Gasteiger partial charge >= 0.3 is 19.8 Å². The lowest BCUT2D eigenvalue weighted by molar-refractivity contribution is -0.161. The van der Waals surface area contributed by atoms with Crippen molar-refractivity contribution in [3.05, 3.63) is 48.6 Å². The Morgan fingerprint density at radius 3 is 1.62 bits per heavy atom. The minimum absolute atomic E-state index is 0.105. The van der Waals surface area contributed by atoms with Crippen LogP contribution in [0.1, 0.15) is 200 Å². The predicted molar refractivity (Wildman–Crippen MR) is 227 cm³/mol. The summed E-state index contributed by atoms with van der Waals surface area (Å²) in [5, 5.41) is 10.0. The molecule has 0 rings (SSSR count). The number of esters is 2. The lowest BCUT2D eigenvalue weighted by Gasteiger charge is -2.18. The van der Waals surface area contributed by atoms with Gasteiger partial charge in [0, 0.05) is 12.8 Å². The summed E-state index contributed by atoms with van der Waals surface area (Å²) in [6.45, 7) is 3.56. The van der Waals surface area contributed by atoms with Gasteiger partial charge in [-0.25, -0.2) is 4.57 Å². The molecule has 0 saturated carbocycles. The third-order valence-corrected chi connectivity index (χ3v) is 9.92. The molecular weight excluding hydrogens is 715 g/mol. The summed E-state index contributed by atoms with van der Waals surface area (Å²) in [7, 11) is -4.78. The first-order chi connectivity index (χ1) is 26.7. The zero-order valence-electron chi connectivity index (χ0n) is 34.9. The number of phosphoric ester groups is 1. The maximum Gasteiger partial charge on any atom is 0.469 e. The molecule has 0 aromatic heterocycles. The van der Waals surface area contributed by atoms with Gasteiger partial charge in [0.2, 0.25) is 0 Å². The minimum Gasteiger partial charge on any atom is -0.462 e. The van der Waals surface area contributed by atoms with Crippen molar-refractivity contribution in [1.82, 2.24) is 0 Å². The maximum atomic E-state index is 12.4. The second kappa shape index (κ2) is 40.2. The molecule has 0 aliphatic carbocycles. The molecule has 0 aliphatic heterocycles. The first kappa shape index (κ1) is 53.0. The van der Waals surface area contributed by atoms with Crippen LogP contribution in [0.3, 0.4) is 0 Å². The number of allylic oxidation sites excluding steroid dienone is 6. The van der Waals surface area contributed by atoms with Crippen LogP contribution in [0.4, 0.5) is 0 Å². The zero-order chi connectivity index (χ0) is 40.5. The van der Waals surface area contributed by atoms with E-state index >= 15 is 0 Å². The van der Waals surface area contributed by atoms with Gasteiger partial charge in [0.1, 0.15) is 6.61 Å². The van der Waals surface area contributed by atoms with Crippen molar-refractivity contribution >= 4 is 19.8 Å². The first-order valence-electron chi connectivity index (χ1n) is 22.0. The second-order valence-corrected chi connectivity index (χ2v) is 16.1. The van der Waals surface area contributed by atoms with Gasteiger partial charge in [-0.2, -0.15) is 0 Å². The Balaban J connectivity index is 4.02. The molecule has 320 valence electrons. The van der Waals surface area contributed by atoms with Crippen LogP contribution in [0.2, 0.25) is 0 Å². The molecule has 0 unspecified atom stereocenters. The molecule has 0 fully saturated rings. The van der Waals surface area contributed by atoms with Crippen LogP contribution in [0, 0.1) is 0 Å². The first-order valence-corrected chi connectivity index (χ1v) is 23.6. The number of carbonyl (C=O) groups excluding carboxylic acids is 2.